The molecule has 0 aromatic carbocycles. The van der Waals surface area contributed by atoms with Gasteiger partial charge in [-0.3, -0.25) is 14.9 Å². The zero-order valence-electron chi connectivity index (χ0n) is 8.12. The SMILES string of the molecule is C=C(Cn1cc([N+](=O)[O-])ccc1=O)C(=O)O. The maximum absolute atomic E-state index is 11.3. The fourth-order valence-corrected chi connectivity index (χ4v) is 1.02. The van der Waals surface area contributed by atoms with Crippen molar-refractivity contribution in [1.29, 1.82) is 0 Å². The van der Waals surface area contributed by atoms with Crippen molar-refractivity contribution in [2.24, 2.45) is 0 Å². The van der Waals surface area contributed by atoms with Crippen LogP contribution in [0.15, 0.2) is 35.3 Å². The van der Waals surface area contributed by atoms with E-state index < -0.39 is 16.5 Å². The first-order chi connectivity index (χ1) is 7.41. The Kier molecular flexibility index (Phi) is 3.19. The maximum atomic E-state index is 11.3. The monoisotopic (exact) mass is 224 g/mol. The van der Waals surface area contributed by atoms with Crippen LogP contribution in [0.4, 0.5) is 5.69 Å². The van der Waals surface area contributed by atoms with Crippen molar-refractivity contribution >= 4 is 11.7 Å². The average Bonchev–Trinajstić information content (AvgIpc) is 2.20. The number of carboxylic acid groups (broad SMARTS) is 1. The van der Waals surface area contributed by atoms with E-state index in [0.717, 1.165) is 22.9 Å². The summed E-state index contributed by atoms with van der Waals surface area (Å²) < 4.78 is 0.925. The molecule has 1 aromatic rings. The van der Waals surface area contributed by atoms with Crippen LogP contribution < -0.4 is 5.56 Å². The molecule has 1 rings (SSSR count). The fourth-order valence-electron chi connectivity index (χ4n) is 1.02. The molecule has 1 N–H and O–H groups in total. The van der Waals surface area contributed by atoms with Crippen LogP contribution in [0.5, 0.6) is 0 Å². The lowest BCUT2D eigenvalue weighted by Crippen LogP contribution is -2.21. The summed E-state index contributed by atoms with van der Waals surface area (Å²) in [6.07, 6.45) is 0.983. The minimum Gasteiger partial charge on any atom is -0.478 e. The molecule has 0 unspecified atom stereocenters. The lowest BCUT2D eigenvalue weighted by Gasteiger charge is -2.04. The minimum atomic E-state index is -1.25. The van der Waals surface area contributed by atoms with Crippen LogP contribution >= 0.6 is 0 Å². The zero-order valence-corrected chi connectivity index (χ0v) is 8.12. The summed E-state index contributed by atoms with van der Waals surface area (Å²) in [6.45, 7) is 2.95. The van der Waals surface area contributed by atoms with E-state index in [2.05, 4.69) is 6.58 Å². The fraction of sp³-hybridized carbons (Fsp3) is 0.111. The number of nitro groups is 1. The predicted molar refractivity (Wildman–Crippen MR) is 54.1 cm³/mol. The van der Waals surface area contributed by atoms with Crippen molar-refractivity contribution in [2.45, 2.75) is 6.54 Å². The summed E-state index contributed by atoms with van der Waals surface area (Å²) in [6, 6.07) is 2.07. The molecule has 0 aliphatic carbocycles. The molecule has 1 heterocycles. The Balaban J connectivity index is 3.08. The van der Waals surface area contributed by atoms with Crippen LogP contribution in [0.2, 0.25) is 0 Å². The van der Waals surface area contributed by atoms with E-state index >= 15 is 0 Å². The van der Waals surface area contributed by atoms with Gasteiger partial charge in [-0.15, -0.1) is 0 Å². The molecule has 0 radical (unpaired) electrons. The van der Waals surface area contributed by atoms with Crippen molar-refractivity contribution in [2.75, 3.05) is 0 Å². The van der Waals surface area contributed by atoms with Crippen LogP contribution in [-0.4, -0.2) is 20.6 Å². The van der Waals surface area contributed by atoms with Crippen molar-refractivity contribution in [3.63, 3.8) is 0 Å². The van der Waals surface area contributed by atoms with Crippen molar-refractivity contribution in [3.8, 4) is 0 Å². The van der Waals surface area contributed by atoms with E-state index in [9.17, 15) is 19.7 Å². The Bertz CT molecular complexity index is 517. The number of aliphatic carboxylic acids is 1. The first-order valence-corrected chi connectivity index (χ1v) is 4.18. The normalized spacial score (nSPS) is 9.75. The van der Waals surface area contributed by atoms with Gasteiger partial charge < -0.3 is 9.67 Å². The summed E-state index contributed by atoms with van der Waals surface area (Å²) in [5.74, 6) is -1.25. The molecule has 0 saturated carbocycles. The molecule has 16 heavy (non-hydrogen) atoms. The third-order valence-electron chi connectivity index (χ3n) is 1.84. The highest BCUT2D eigenvalue weighted by Gasteiger charge is 2.10. The molecule has 7 nitrogen and oxygen atoms in total. The topological polar surface area (TPSA) is 102 Å². The third-order valence-corrected chi connectivity index (χ3v) is 1.84. The van der Waals surface area contributed by atoms with Gasteiger partial charge in [0.2, 0.25) is 0 Å². The van der Waals surface area contributed by atoms with E-state index in [4.69, 9.17) is 5.11 Å². The second kappa shape index (κ2) is 4.39. The van der Waals surface area contributed by atoms with Gasteiger partial charge >= 0.3 is 5.97 Å². The van der Waals surface area contributed by atoms with Crippen LogP contribution in [-0.2, 0) is 11.3 Å². The molecule has 0 fully saturated rings. The van der Waals surface area contributed by atoms with Gasteiger partial charge in [0.05, 0.1) is 17.7 Å². The van der Waals surface area contributed by atoms with Gasteiger partial charge in [-0.1, -0.05) is 6.58 Å². The van der Waals surface area contributed by atoms with Crippen LogP contribution in [0.3, 0.4) is 0 Å². The predicted octanol–water partition coefficient (Wildman–Crippen LogP) is 0.397. The van der Waals surface area contributed by atoms with Gasteiger partial charge in [-0.05, 0) is 0 Å². The molecular formula is C9H8N2O5. The second-order valence-corrected chi connectivity index (χ2v) is 3.02. The first-order valence-electron chi connectivity index (χ1n) is 4.18. The molecule has 7 heteroatoms. The summed E-state index contributed by atoms with van der Waals surface area (Å²) in [7, 11) is 0. The Morgan fingerprint density at radius 2 is 2.19 bits per heavy atom. The van der Waals surface area contributed by atoms with Crippen molar-refractivity contribution in [3.05, 3.63) is 50.9 Å². The number of carbonyl (C=O) groups is 1. The van der Waals surface area contributed by atoms with E-state index in [0.29, 0.717) is 0 Å². The lowest BCUT2D eigenvalue weighted by molar-refractivity contribution is -0.385. The van der Waals surface area contributed by atoms with Gasteiger partial charge in [0.25, 0.3) is 11.2 Å². The van der Waals surface area contributed by atoms with Crippen LogP contribution in [0.25, 0.3) is 0 Å². The Morgan fingerprint density at radius 3 is 2.69 bits per heavy atom. The summed E-state index contributed by atoms with van der Waals surface area (Å²) in [5, 5.41) is 19.0. The van der Waals surface area contributed by atoms with Crippen molar-refractivity contribution in [1.82, 2.24) is 4.57 Å². The van der Waals surface area contributed by atoms with E-state index in [1.54, 1.807) is 0 Å². The van der Waals surface area contributed by atoms with E-state index in [1.807, 2.05) is 0 Å². The van der Waals surface area contributed by atoms with Crippen molar-refractivity contribution < 1.29 is 14.8 Å². The largest absolute Gasteiger partial charge is 0.478 e. The van der Waals surface area contributed by atoms with Crippen LogP contribution in [0, 0.1) is 10.1 Å². The highest BCUT2D eigenvalue weighted by Crippen LogP contribution is 2.07. The Morgan fingerprint density at radius 1 is 1.56 bits per heavy atom. The summed E-state index contributed by atoms with van der Waals surface area (Å²) in [5.41, 5.74) is -1.02. The van der Waals surface area contributed by atoms with Gasteiger partial charge in [-0.2, -0.15) is 0 Å². The summed E-state index contributed by atoms with van der Waals surface area (Å²) >= 11 is 0. The van der Waals surface area contributed by atoms with Crippen LogP contribution in [0.1, 0.15) is 0 Å². The maximum Gasteiger partial charge on any atom is 0.332 e. The standard InChI is InChI=1S/C9H8N2O5/c1-6(9(13)14)4-10-5-7(11(15)16)2-3-8(10)12/h2-3,5H,1,4H2,(H,13,14). The highest BCUT2D eigenvalue weighted by molar-refractivity contribution is 5.85. The minimum absolute atomic E-state index is 0.220. The molecule has 0 amide bonds. The smallest absolute Gasteiger partial charge is 0.332 e. The lowest BCUT2D eigenvalue weighted by atomic mass is 10.3. The molecule has 0 saturated heterocycles. The molecule has 0 bridgehead atoms. The number of hydrogen-bond donors (Lipinski definition) is 1. The summed E-state index contributed by atoms with van der Waals surface area (Å²) in [4.78, 5) is 31.5. The van der Waals surface area contributed by atoms with Gasteiger partial charge in [0, 0.05) is 17.7 Å². The Labute approximate surface area is 89.4 Å². The first kappa shape index (κ1) is 11.6. The molecule has 84 valence electrons. The quantitative estimate of drug-likeness (QED) is 0.453. The molecule has 0 atom stereocenters. The van der Waals surface area contributed by atoms with Gasteiger partial charge in [0.15, 0.2) is 0 Å². The average molecular weight is 224 g/mol. The number of carboxylic acids is 1. The number of rotatable bonds is 4. The number of pyridine rings is 1. The van der Waals surface area contributed by atoms with E-state index in [-0.39, 0.29) is 17.8 Å². The molecular weight excluding hydrogens is 216 g/mol. The van der Waals surface area contributed by atoms with E-state index in [1.165, 1.54) is 0 Å². The molecule has 0 aliphatic heterocycles. The number of hydrogen-bond acceptors (Lipinski definition) is 4. The highest BCUT2D eigenvalue weighted by atomic mass is 16.6. The van der Waals surface area contributed by atoms with Gasteiger partial charge in [-0.25, -0.2) is 4.79 Å². The number of aromatic nitrogens is 1. The molecule has 1 aromatic heterocycles. The number of nitrogens with zero attached hydrogens (tertiary/aromatic N) is 2. The molecule has 0 aliphatic rings. The molecule has 0 spiro atoms. The van der Waals surface area contributed by atoms with Gasteiger partial charge in [0.1, 0.15) is 0 Å². The Hall–Kier alpha value is -2.44. The second-order valence-electron chi connectivity index (χ2n) is 3.02. The zero-order chi connectivity index (χ0) is 12.3. The third kappa shape index (κ3) is 2.53.